The number of rotatable bonds is 8. The van der Waals surface area contributed by atoms with Gasteiger partial charge in [0, 0.05) is 17.8 Å². The van der Waals surface area contributed by atoms with Crippen molar-refractivity contribution >= 4 is 38.5 Å². The van der Waals surface area contributed by atoms with E-state index >= 15 is 0 Å². The van der Waals surface area contributed by atoms with Crippen LogP contribution in [0.4, 0.5) is 21.8 Å². The fourth-order valence-corrected chi connectivity index (χ4v) is 4.63. The molecule has 6 aromatic rings. The summed E-state index contributed by atoms with van der Waals surface area (Å²) in [6.07, 6.45) is 3.08. The highest BCUT2D eigenvalue weighted by Crippen LogP contribution is 2.28. The molecule has 41 heavy (non-hydrogen) atoms. The molecular weight excluding hydrogens is 545 g/mol. The summed E-state index contributed by atoms with van der Waals surface area (Å²) in [6.45, 7) is 0.337. The number of nitrogens with two attached hydrogens (primary N) is 1. The van der Waals surface area contributed by atoms with Gasteiger partial charge < -0.3 is 10.6 Å². The molecule has 11 nitrogen and oxygen atoms in total. The number of nitrogens with one attached hydrogen (secondary N) is 2. The van der Waals surface area contributed by atoms with Crippen molar-refractivity contribution in [1.29, 1.82) is 0 Å². The molecule has 0 saturated heterocycles. The third kappa shape index (κ3) is 5.85. The molecule has 0 fully saturated rings. The summed E-state index contributed by atoms with van der Waals surface area (Å²) in [6, 6.07) is 23.5. The Kier molecular flexibility index (Phi) is 6.79. The van der Waals surface area contributed by atoms with Gasteiger partial charge in [0.15, 0.2) is 5.82 Å². The maximum atomic E-state index is 13.5. The predicted octanol–water partition coefficient (Wildman–Crippen LogP) is 4.41. The Balaban J connectivity index is 1.33. The number of fused-ring (bicyclic) bond motifs is 1. The van der Waals surface area contributed by atoms with Gasteiger partial charge in [0.2, 0.25) is 16.0 Å². The van der Waals surface area contributed by atoms with E-state index in [1.165, 1.54) is 30.6 Å². The fraction of sp³-hybridized carbons (Fsp3) is 0.0357. The lowest BCUT2D eigenvalue weighted by Crippen LogP contribution is -2.12. The van der Waals surface area contributed by atoms with Crippen molar-refractivity contribution in [3.8, 4) is 16.9 Å². The van der Waals surface area contributed by atoms with Crippen molar-refractivity contribution in [3.05, 3.63) is 109 Å². The standard InChI is InChI=1S/C28H22FN9O2S/c29-20-5-3-19(4-6-20)24-13-14-25-26(35-24)27(34-21-7-9-22(10-8-21)38-17-31-16-33-38)37-28(36-25)32-15-18-1-11-23(12-2-18)41(30,39)40/h1-14,16-17H,15H2,(H2,30,39,40)(H2,32,34,36,37). The van der Waals surface area contributed by atoms with E-state index in [0.29, 0.717) is 35.0 Å². The zero-order valence-corrected chi connectivity index (χ0v) is 22.1. The summed E-state index contributed by atoms with van der Waals surface area (Å²) in [7, 11) is -3.77. The predicted molar refractivity (Wildman–Crippen MR) is 153 cm³/mol. The number of hydrogen-bond acceptors (Lipinski definition) is 9. The van der Waals surface area contributed by atoms with Crippen LogP contribution in [0.3, 0.4) is 0 Å². The molecule has 0 spiro atoms. The van der Waals surface area contributed by atoms with Crippen LogP contribution in [0.1, 0.15) is 5.56 Å². The highest BCUT2D eigenvalue weighted by atomic mass is 32.2. The molecule has 0 unspecified atom stereocenters. The van der Waals surface area contributed by atoms with E-state index in [0.717, 1.165) is 22.5 Å². The molecule has 0 aliphatic heterocycles. The number of nitrogens with zero attached hydrogens (tertiary/aromatic N) is 6. The quantitative estimate of drug-likeness (QED) is 0.243. The van der Waals surface area contributed by atoms with Gasteiger partial charge in [0.25, 0.3) is 0 Å². The average molecular weight is 568 g/mol. The first-order valence-corrected chi connectivity index (χ1v) is 13.9. The van der Waals surface area contributed by atoms with Gasteiger partial charge in [-0.1, -0.05) is 12.1 Å². The molecule has 0 radical (unpaired) electrons. The minimum Gasteiger partial charge on any atom is -0.350 e. The van der Waals surface area contributed by atoms with Crippen LogP contribution in [-0.4, -0.2) is 38.1 Å². The third-order valence-corrected chi connectivity index (χ3v) is 7.13. The van der Waals surface area contributed by atoms with Crippen molar-refractivity contribution in [2.24, 2.45) is 5.14 Å². The number of pyridine rings is 1. The van der Waals surface area contributed by atoms with Crippen molar-refractivity contribution in [3.63, 3.8) is 0 Å². The highest BCUT2D eigenvalue weighted by Gasteiger charge is 2.13. The van der Waals surface area contributed by atoms with Crippen LogP contribution in [0.2, 0.25) is 0 Å². The highest BCUT2D eigenvalue weighted by molar-refractivity contribution is 7.89. The third-order valence-electron chi connectivity index (χ3n) is 6.20. The first kappa shape index (κ1) is 26.0. The molecule has 3 aromatic carbocycles. The van der Waals surface area contributed by atoms with E-state index in [1.807, 2.05) is 36.4 Å². The smallest absolute Gasteiger partial charge is 0.238 e. The Morgan fingerprint density at radius 1 is 0.854 bits per heavy atom. The molecule has 204 valence electrons. The molecule has 0 atom stereocenters. The van der Waals surface area contributed by atoms with Gasteiger partial charge in [-0.3, -0.25) is 0 Å². The van der Waals surface area contributed by atoms with Crippen LogP contribution in [0.15, 0.2) is 102 Å². The molecule has 0 amide bonds. The maximum absolute atomic E-state index is 13.5. The lowest BCUT2D eigenvalue weighted by Gasteiger charge is -2.13. The Labute approximate surface area is 234 Å². The lowest BCUT2D eigenvalue weighted by molar-refractivity contribution is 0.597. The van der Waals surface area contributed by atoms with Gasteiger partial charge in [-0.05, 0) is 78.4 Å². The molecule has 4 N–H and O–H groups in total. The monoisotopic (exact) mass is 567 g/mol. The Morgan fingerprint density at radius 2 is 1.61 bits per heavy atom. The van der Waals surface area contributed by atoms with Crippen molar-refractivity contribution in [2.45, 2.75) is 11.4 Å². The Hall–Kier alpha value is -5.27. The van der Waals surface area contributed by atoms with Gasteiger partial charge >= 0.3 is 0 Å². The topological polar surface area (TPSA) is 154 Å². The van der Waals surface area contributed by atoms with Gasteiger partial charge in [-0.2, -0.15) is 10.1 Å². The van der Waals surface area contributed by atoms with E-state index in [2.05, 4.69) is 25.7 Å². The second kappa shape index (κ2) is 10.7. The van der Waals surface area contributed by atoms with E-state index in [1.54, 1.807) is 35.3 Å². The molecule has 0 aliphatic rings. The summed E-state index contributed by atoms with van der Waals surface area (Å²) >= 11 is 0. The van der Waals surface area contributed by atoms with Crippen LogP contribution >= 0.6 is 0 Å². The zero-order chi connectivity index (χ0) is 28.4. The minimum atomic E-state index is -3.77. The van der Waals surface area contributed by atoms with Crippen LogP contribution in [0.25, 0.3) is 28.0 Å². The molecule has 0 bridgehead atoms. The van der Waals surface area contributed by atoms with Crippen LogP contribution in [0, 0.1) is 5.82 Å². The molecular formula is C28H22FN9O2S. The van der Waals surface area contributed by atoms with Gasteiger partial charge in [-0.25, -0.2) is 37.6 Å². The Bertz CT molecular complexity index is 1930. The number of hydrogen-bond donors (Lipinski definition) is 3. The molecule has 6 rings (SSSR count). The average Bonchev–Trinajstić information content (AvgIpc) is 3.52. The number of primary sulfonamides is 1. The SMILES string of the molecule is NS(=O)(=O)c1ccc(CNc2nc(Nc3ccc(-n4cncn4)cc3)c3nc(-c4ccc(F)cc4)ccc3n2)cc1. The van der Waals surface area contributed by atoms with Gasteiger partial charge in [-0.15, -0.1) is 0 Å². The van der Waals surface area contributed by atoms with Crippen LogP contribution < -0.4 is 15.8 Å². The summed E-state index contributed by atoms with van der Waals surface area (Å²) in [5, 5.41) is 15.9. The largest absolute Gasteiger partial charge is 0.350 e. The van der Waals surface area contributed by atoms with Crippen molar-refractivity contribution in [2.75, 3.05) is 10.6 Å². The normalized spacial score (nSPS) is 11.5. The molecule has 0 aliphatic carbocycles. The van der Waals surface area contributed by atoms with Crippen LogP contribution in [0.5, 0.6) is 0 Å². The van der Waals surface area contributed by atoms with E-state index in [-0.39, 0.29) is 10.7 Å². The summed E-state index contributed by atoms with van der Waals surface area (Å²) in [5.41, 5.74) is 4.91. The number of benzene rings is 3. The number of halogens is 1. The van der Waals surface area contributed by atoms with E-state index < -0.39 is 10.0 Å². The number of anilines is 3. The van der Waals surface area contributed by atoms with Crippen molar-refractivity contribution < 1.29 is 12.8 Å². The second-order valence-electron chi connectivity index (χ2n) is 9.02. The summed E-state index contributed by atoms with van der Waals surface area (Å²) in [5.74, 6) is 0.468. The van der Waals surface area contributed by atoms with Gasteiger partial charge in [0.1, 0.15) is 24.0 Å². The first-order chi connectivity index (χ1) is 19.8. The zero-order valence-electron chi connectivity index (χ0n) is 21.3. The molecule has 3 heterocycles. The minimum absolute atomic E-state index is 0.0348. The Morgan fingerprint density at radius 3 is 2.29 bits per heavy atom. The van der Waals surface area contributed by atoms with Crippen molar-refractivity contribution in [1.82, 2.24) is 29.7 Å². The first-order valence-electron chi connectivity index (χ1n) is 12.3. The summed E-state index contributed by atoms with van der Waals surface area (Å²) in [4.78, 5) is 18.1. The molecule has 3 aromatic heterocycles. The lowest BCUT2D eigenvalue weighted by atomic mass is 10.1. The van der Waals surface area contributed by atoms with Gasteiger partial charge in [0.05, 0.1) is 21.8 Å². The number of sulfonamides is 1. The summed E-state index contributed by atoms with van der Waals surface area (Å²) < 4.78 is 38.2. The van der Waals surface area contributed by atoms with Crippen LogP contribution in [-0.2, 0) is 16.6 Å². The number of aromatic nitrogens is 6. The van der Waals surface area contributed by atoms with E-state index in [4.69, 9.17) is 15.1 Å². The fourth-order valence-electron chi connectivity index (χ4n) is 4.12. The maximum Gasteiger partial charge on any atom is 0.238 e. The second-order valence-corrected chi connectivity index (χ2v) is 10.6. The van der Waals surface area contributed by atoms with E-state index in [9.17, 15) is 12.8 Å². The molecule has 13 heteroatoms. The molecule has 0 saturated carbocycles.